The van der Waals surface area contributed by atoms with E-state index >= 15 is 0 Å². The van der Waals surface area contributed by atoms with Gasteiger partial charge in [0, 0.05) is 19.1 Å². The predicted octanol–water partition coefficient (Wildman–Crippen LogP) is 1.75. The van der Waals surface area contributed by atoms with Gasteiger partial charge in [-0.05, 0) is 32.0 Å². The number of benzene rings is 1. The molecule has 0 spiro atoms. The van der Waals surface area contributed by atoms with Crippen LogP contribution in [0, 0.1) is 0 Å². The van der Waals surface area contributed by atoms with Crippen LogP contribution in [0.1, 0.15) is 23.2 Å². The van der Waals surface area contributed by atoms with Gasteiger partial charge in [0.2, 0.25) is 0 Å². The molecule has 0 unspecified atom stereocenters. The highest BCUT2D eigenvalue weighted by molar-refractivity contribution is 6.33. The molecule has 3 N–H and O–H groups in total. The van der Waals surface area contributed by atoms with Gasteiger partial charge in [0.25, 0.3) is 5.91 Å². The van der Waals surface area contributed by atoms with Gasteiger partial charge in [-0.1, -0.05) is 17.7 Å². The molecule has 1 amide bonds. The topological polar surface area (TPSA) is 58.4 Å². The molecule has 1 aliphatic rings. The lowest BCUT2D eigenvalue weighted by atomic mass is 10.1. The van der Waals surface area contributed by atoms with Crippen LogP contribution in [0.5, 0.6) is 0 Å². The Morgan fingerprint density at radius 2 is 2.28 bits per heavy atom. The van der Waals surface area contributed by atoms with E-state index in [0.29, 0.717) is 28.9 Å². The van der Waals surface area contributed by atoms with Gasteiger partial charge in [0.15, 0.2) is 0 Å². The van der Waals surface area contributed by atoms with E-state index in [9.17, 15) is 4.79 Å². The summed E-state index contributed by atoms with van der Waals surface area (Å²) in [5.74, 6) is -0.167. The summed E-state index contributed by atoms with van der Waals surface area (Å²) < 4.78 is 0. The van der Waals surface area contributed by atoms with Gasteiger partial charge in [0.05, 0.1) is 16.3 Å². The summed E-state index contributed by atoms with van der Waals surface area (Å²) in [5.41, 5.74) is 6.55. The van der Waals surface area contributed by atoms with Crippen molar-refractivity contribution < 1.29 is 4.79 Å². The molecule has 0 heterocycles. The average Bonchev–Trinajstić information content (AvgIpc) is 3.16. The number of hydrogen-bond donors (Lipinski definition) is 2. The molecule has 5 heteroatoms. The molecule has 4 nitrogen and oxygen atoms in total. The number of carbonyl (C=O) groups excluding carboxylic acids is 1. The molecule has 1 aliphatic carbocycles. The molecule has 1 saturated carbocycles. The molecular weight excluding hydrogens is 250 g/mol. The second kappa shape index (κ2) is 5.59. The summed E-state index contributed by atoms with van der Waals surface area (Å²) in [4.78, 5) is 14.2. The number of amides is 1. The normalized spacial score (nSPS) is 14.8. The highest BCUT2D eigenvalue weighted by atomic mass is 35.5. The van der Waals surface area contributed by atoms with Gasteiger partial charge in [0.1, 0.15) is 0 Å². The van der Waals surface area contributed by atoms with Crippen molar-refractivity contribution in [3.05, 3.63) is 28.8 Å². The van der Waals surface area contributed by atoms with Crippen molar-refractivity contribution in [3.63, 3.8) is 0 Å². The van der Waals surface area contributed by atoms with Crippen LogP contribution in [0.15, 0.2) is 18.2 Å². The van der Waals surface area contributed by atoms with Crippen LogP contribution < -0.4 is 11.1 Å². The number of hydrogen-bond acceptors (Lipinski definition) is 3. The molecule has 0 atom stereocenters. The second-order valence-electron chi connectivity index (χ2n) is 4.67. The summed E-state index contributed by atoms with van der Waals surface area (Å²) in [6.45, 7) is 1.48. The molecule has 0 radical (unpaired) electrons. The van der Waals surface area contributed by atoms with Crippen molar-refractivity contribution in [2.75, 3.05) is 25.9 Å². The van der Waals surface area contributed by atoms with Crippen molar-refractivity contribution in [1.29, 1.82) is 0 Å². The van der Waals surface area contributed by atoms with E-state index in [1.165, 1.54) is 12.8 Å². The fraction of sp³-hybridized carbons (Fsp3) is 0.462. The lowest BCUT2D eigenvalue weighted by Crippen LogP contribution is -2.34. The number of nitrogens with one attached hydrogen (secondary N) is 1. The van der Waals surface area contributed by atoms with Crippen LogP contribution in [0.3, 0.4) is 0 Å². The lowest BCUT2D eigenvalue weighted by molar-refractivity contribution is 0.0950. The Balaban J connectivity index is 1.85. The number of carbonyl (C=O) groups is 1. The van der Waals surface area contributed by atoms with E-state index in [1.54, 1.807) is 18.2 Å². The summed E-state index contributed by atoms with van der Waals surface area (Å²) in [7, 11) is 2.08. The van der Waals surface area contributed by atoms with Crippen LogP contribution in [-0.4, -0.2) is 37.0 Å². The fourth-order valence-corrected chi connectivity index (χ4v) is 2.05. The van der Waals surface area contributed by atoms with Crippen LogP contribution >= 0.6 is 11.6 Å². The van der Waals surface area contributed by atoms with E-state index < -0.39 is 0 Å². The fourth-order valence-electron chi connectivity index (χ4n) is 1.87. The summed E-state index contributed by atoms with van der Waals surface area (Å²) >= 11 is 5.88. The van der Waals surface area contributed by atoms with Gasteiger partial charge < -0.3 is 16.0 Å². The van der Waals surface area contributed by atoms with Crippen molar-refractivity contribution in [2.45, 2.75) is 18.9 Å². The van der Waals surface area contributed by atoms with E-state index in [4.69, 9.17) is 17.3 Å². The van der Waals surface area contributed by atoms with Gasteiger partial charge in [-0.25, -0.2) is 0 Å². The quantitative estimate of drug-likeness (QED) is 0.799. The number of nitrogens with zero attached hydrogens (tertiary/aromatic N) is 1. The average molecular weight is 268 g/mol. The first kappa shape index (κ1) is 13.2. The van der Waals surface area contributed by atoms with Crippen molar-refractivity contribution in [2.24, 2.45) is 0 Å². The highest BCUT2D eigenvalue weighted by Gasteiger charge is 2.25. The lowest BCUT2D eigenvalue weighted by Gasteiger charge is -2.16. The first-order valence-corrected chi connectivity index (χ1v) is 6.50. The third-order valence-electron chi connectivity index (χ3n) is 3.22. The van der Waals surface area contributed by atoms with E-state index in [-0.39, 0.29) is 5.91 Å². The first-order valence-electron chi connectivity index (χ1n) is 6.12. The SMILES string of the molecule is CN(CCNC(=O)c1cccc(Cl)c1N)C1CC1. The summed E-state index contributed by atoms with van der Waals surface area (Å²) in [6.07, 6.45) is 2.54. The van der Waals surface area contributed by atoms with E-state index in [0.717, 1.165) is 6.54 Å². The predicted molar refractivity (Wildman–Crippen MR) is 73.8 cm³/mol. The maximum Gasteiger partial charge on any atom is 0.253 e. The molecule has 2 rings (SSSR count). The Morgan fingerprint density at radius 3 is 2.94 bits per heavy atom. The zero-order valence-electron chi connectivity index (χ0n) is 10.4. The minimum Gasteiger partial charge on any atom is -0.397 e. The number of nitrogen functional groups attached to an aromatic ring is 1. The molecule has 0 aromatic heterocycles. The molecule has 0 aliphatic heterocycles. The highest BCUT2D eigenvalue weighted by Crippen LogP contribution is 2.24. The van der Waals surface area contributed by atoms with Gasteiger partial charge in [-0.3, -0.25) is 4.79 Å². The molecule has 1 aromatic carbocycles. The van der Waals surface area contributed by atoms with Crippen molar-refractivity contribution >= 4 is 23.2 Å². The Bertz CT molecular complexity index is 446. The summed E-state index contributed by atoms with van der Waals surface area (Å²) in [6, 6.07) is 5.79. The van der Waals surface area contributed by atoms with E-state index in [2.05, 4.69) is 17.3 Å². The second-order valence-corrected chi connectivity index (χ2v) is 5.08. The Kier molecular flexibility index (Phi) is 4.09. The van der Waals surface area contributed by atoms with Crippen molar-refractivity contribution in [1.82, 2.24) is 10.2 Å². The minimum absolute atomic E-state index is 0.167. The van der Waals surface area contributed by atoms with Gasteiger partial charge in [-0.15, -0.1) is 0 Å². The van der Waals surface area contributed by atoms with Gasteiger partial charge >= 0.3 is 0 Å². The zero-order valence-corrected chi connectivity index (χ0v) is 11.2. The zero-order chi connectivity index (χ0) is 13.1. The van der Waals surface area contributed by atoms with Gasteiger partial charge in [-0.2, -0.15) is 0 Å². The third kappa shape index (κ3) is 3.15. The Labute approximate surface area is 112 Å². The summed E-state index contributed by atoms with van der Waals surface area (Å²) in [5, 5.41) is 3.28. The Morgan fingerprint density at radius 1 is 1.56 bits per heavy atom. The standard InChI is InChI=1S/C13H18ClN3O/c1-17(9-5-6-9)8-7-16-13(18)10-3-2-4-11(14)12(10)15/h2-4,9H,5-8,15H2,1H3,(H,16,18). The minimum atomic E-state index is -0.167. The largest absolute Gasteiger partial charge is 0.397 e. The number of para-hydroxylation sites is 1. The number of anilines is 1. The Hall–Kier alpha value is -1.26. The number of rotatable bonds is 5. The van der Waals surface area contributed by atoms with Crippen LogP contribution in [0.25, 0.3) is 0 Å². The molecule has 1 aromatic rings. The molecular formula is C13H18ClN3O. The number of halogens is 1. The van der Waals surface area contributed by atoms with Crippen LogP contribution in [0.4, 0.5) is 5.69 Å². The van der Waals surface area contributed by atoms with Crippen LogP contribution in [-0.2, 0) is 0 Å². The molecule has 0 bridgehead atoms. The molecule has 1 fully saturated rings. The maximum absolute atomic E-state index is 11.9. The number of nitrogens with two attached hydrogens (primary N) is 1. The maximum atomic E-state index is 11.9. The monoisotopic (exact) mass is 267 g/mol. The molecule has 0 saturated heterocycles. The smallest absolute Gasteiger partial charge is 0.253 e. The first-order chi connectivity index (χ1) is 8.59. The van der Waals surface area contributed by atoms with Crippen molar-refractivity contribution in [3.8, 4) is 0 Å². The molecule has 98 valence electrons. The van der Waals surface area contributed by atoms with E-state index in [1.807, 2.05) is 0 Å². The third-order valence-corrected chi connectivity index (χ3v) is 3.55. The van der Waals surface area contributed by atoms with Crippen LogP contribution in [0.2, 0.25) is 5.02 Å². The molecule has 18 heavy (non-hydrogen) atoms. The number of likely N-dealkylation sites (N-methyl/N-ethyl adjacent to an activating group) is 1.